The molecule has 194 valence electrons. The summed E-state index contributed by atoms with van der Waals surface area (Å²) in [6.45, 7) is 0.523. The molecule has 5 aromatic carbocycles. The van der Waals surface area contributed by atoms with E-state index in [1.165, 1.54) is 18.2 Å². The number of hydrogen-bond acceptors (Lipinski definition) is 4. The number of fused-ring (bicyclic) bond motifs is 2. The quantitative estimate of drug-likeness (QED) is 0.189. The van der Waals surface area contributed by atoms with Gasteiger partial charge in [0.1, 0.15) is 5.75 Å². The Morgan fingerprint density at radius 3 is 2.38 bits per heavy atom. The first-order valence-electron chi connectivity index (χ1n) is 12.4. The van der Waals surface area contributed by atoms with Crippen molar-refractivity contribution in [2.75, 3.05) is 7.05 Å². The van der Waals surface area contributed by atoms with Gasteiger partial charge < -0.3 is 10.0 Å². The first-order chi connectivity index (χ1) is 18.9. The summed E-state index contributed by atoms with van der Waals surface area (Å²) in [6, 6.07) is 30.2. The standard InChI is InChI=1S/C32H26ClN3O3/c1-36(20-25-9-6-8-21-7-2-3-10-26(21)25)31(38)18-22-13-14-24(28-12-5-4-11-27(22)28)19-34-35-32(39)23-15-16-30(37)29(33)17-23/h2-17,19,37H,18,20H2,1H3,(H,35,39). The number of benzene rings is 5. The highest BCUT2D eigenvalue weighted by Crippen LogP contribution is 2.25. The molecular formula is C32H26ClN3O3. The van der Waals surface area contributed by atoms with E-state index in [-0.39, 0.29) is 28.7 Å². The zero-order valence-electron chi connectivity index (χ0n) is 21.3. The van der Waals surface area contributed by atoms with Gasteiger partial charge in [-0.05, 0) is 50.9 Å². The van der Waals surface area contributed by atoms with Crippen LogP contribution < -0.4 is 5.43 Å². The van der Waals surface area contributed by atoms with E-state index >= 15 is 0 Å². The highest BCUT2D eigenvalue weighted by Gasteiger charge is 2.14. The van der Waals surface area contributed by atoms with E-state index in [2.05, 4.69) is 34.8 Å². The summed E-state index contributed by atoms with van der Waals surface area (Å²) < 4.78 is 0. The van der Waals surface area contributed by atoms with Gasteiger partial charge in [0.05, 0.1) is 17.7 Å². The van der Waals surface area contributed by atoms with E-state index in [1.54, 1.807) is 11.1 Å². The monoisotopic (exact) mass is 535 g/mol. The minimum Gasteiger partial charge on any atom is -0.506 e. The van der Waals surface area contributed by atoms with Gasteiger partial charge >= 0.3 is 0 Å². The van der Waals surface area contributed by atoms with Crippen LogP contribution in [0, 0.1) is 0 Å². The molecule has 0 aromatic heterocycles. The Morgan fingerprint density at radius 2 is 1.59 bits per heavy atom. The number of phenolic OH excluding ortho intramolecular Hbond substituents is 1. The molecule has 0 heterocycles. The molecule has 0 aliphatic heterocycles. The minimum atomic E-state index is -0.450. The van der Waals surface area contributed by atoms with E-state index in [1.807, 2.05) is 61.6 Å². The lowest BCUT2D eigenvalue weighted by molar-refractivity contribution is -0.129. The zero-order chi connectivity index (χ0) is 27.4. The van der Waals surface area contributed by atoms with Crippen molar-refractivity contribution < 1.29 is 14.7 Å². The van der Waals surface area contributed by atoms with Crippen molar-refractivity contribution in [2.24, 2.45) is 5.10 Å². The lowest BCUT2D eigenvalue weighted by Gasteiger charge is -2.19. The summed E-state index contributed by atoms with van der Waals surface area (Å²) in [4.78, 5) is 27.4. The smallest absolute Gasteiger partial charge is 0.271 e. The van der Waals surface area contributed by atoms with Crippen LogP contribution in [0.4, 0.5) is 0 Å². The number of aromatic hydroxyl groups is 1. The Balaban J connectivity index is 1.31. The van der Waals surface area contributed by atoms with E-state index in [0.29, 0.717) is 6.54 Å². The predicted octanol–water partition coefficient (Wildman–Crippen LogP) is 6.32. The molecular weight excluding hydrogens is 510 g/mol. The molecule has 0 saturated heterocycles. The van der Waals surface area contributed by atoms with Crippen LogP contribution in [0.25, 0.3) is 21.5 Å². The van der Waals surface area contributed by atoms with Crippen molar-refractivity contribution >= 4 is 51.2 Å². The minimum absolute atomic E-state index is 0.0225. The van der Waals surface area contributed by atoms with E-state index in [0.717, 1.165) is 38.2 Å². The Morgan fingerprint density at radius 1 is 0.872 bits per heavy atom. The van der Waals surface area contributed by atoms with E-state index in [4.69, 9.17) is 11.6 Å². The SMILES string of the molecule is CN(Cc1cccc2ccccc12)C(=O)Cc1ccc(C=NNC(=O)c2ccc(O)c(Cl)c2)c2ccccc12. The fourth-order valence-corrected chi connectivity index (χ4v) is 4.78. The molecule has 7 heteroatoms. The van der Waals surface area contributed by atoms with E-state index in [9.17, 15) is 14.7 Å². The maximum Gasteiger partial charge on any atom is 0.271 e. The second kappa shape index (κ2) is 11.4. The summed E-state index contributed by atoms with van der Waals surface area (Å²) in [7, 11) is 1.83. The second-order valence-corrected chi connectivity index (χ2v) is 9.70. The third-order valence-corrected chi connectivity index (χ3v) is 6.99. The molecule has 0 saturated carbocycles. The molecule has 5 rings (SSSR count). The molecule has 0 aliphatic rings. The van der Waals surface area contributed by atoms with Crippen LogP contribution >= 0.6 is 11.6 Å². The van der Waals surface area contributed by atoms with Gasteiger partial charge in [0.15, 0.2) is 0 Å². The van der Waals surface area contributed by atoms with Crippen LogP contribution in [0.3, 0.4) is 0 Å². The molecule has 0 atom stereocenters. The molecule has 0 spiro atoms. The number of carbonyl (C=O) groups excluding carboxylic acids is 2. The topological polar surface area (TPSA) is 82.0 Å². The number of nitrogens with one attached hydrogen (secondary N) is 1. The molecule has 6 nitrogen and oxygen atoms in total. The number of halogens is 1. The first kappa shape index (κ1) is 25.9. The van der Waals surface area contributed by atoms with Crippen LogP contribution in [0.5, 0.6) is 5.75 Å². The number of nitrogens with zero attached hydrogens (tertiary/aromatic N) is 2. The number of phenols is 1. The normalized spacial score (nSPS) is 11.2. The summed E-state index contributed by atoms with van der Waals surface area (Å²) in [5, 5.41) is 17.9. The summed E-state index contributed by atoms with van der Waals surface area (Å²) in [5.74, 6) is -0.523. The van der Waals surface area contributed by atoms with Crippen molar-refractivity contribution in [3.05, 3.63) is 124 Å². The highest BCUT2D eigenvalue weighted by molar-refractivity contribution is 6.32. The third kappa shape index (κ3) is 5.76. The van der Waals surface area contributed by atoms with Crippen molar-refractivity contribution in [1.29, 1.82) is 0 Å². The first-order valence-corrected chi connectivity index (χ1v) is 12.8. The van der Waals surface area contributed by atoms with Crippen molar-refractivity contribution in [3.63, 3.8) is 0 Å². The number of carbonyl (C=O) groups is 2. The number of likely N-dealkylation sites (N-methyl/N-ethyl adjacent to an activating group) is 1. The Bertz CT molecular complexity index is 1730. The predicted molar refractivity (Wildman–Crippen MR) is 156 cm³/mol. The zero-order valence-corrected chi connectivity index (χ0v) is 22.0. The van der Waals surface area contributed by atoms with Crippen LogP contribution in [0.15, 0.2) is 102 Å². The molecule has 5 aromatic rings. The fraction of sp³-hybridized carbons (Fsp3) is 0.0938. The fourth-order valence-electron chi connectivity index (χ4n) is 4.60. The Labute approximate surface area is 231 Å². The van der Waals surface area contributed by atoms with Gasteiger partial charge in [-0.2, -0.15) is 5.10 Å². The van der Waals surface area contributed by atoms with E-state index < -0.39 is 5.91 Å². The van der Waals surface area contributed by atoms with Gasteiger partial charge in [0, 0.05) is 24.7 Å². The molecule has 0 fully saturated rings. The largest absolute Gasteiger partial charge is 0.506 e. The van der Waals surface area contributed by atoms with Crippen LogP contribution in [-0.2, 0) is 17.8 Å². The second-order valence-electron chi connectivity index (χ2n) is 9.29. The summed E-state index contributed by atoms with van der Waals surface area (Å²) >= 11 is 5.89. The number of rotatable bonds is 7. The number of hydrazone groups is 1. The van der Waals surface area contributed by atoms with Gasteiger partial charge in [0.25, 0.3) is 5.91 Å². The molecule has 0 radical (unpaired) electrons. The lowest BCUT2D eigenvalue weighted by Crippen LogP contribution is -2.27. The third-order valence-electron chi connectivity index (χ3n) is 6.68. The average molecular weight is 536 g/mol. The molecule has 39 heavy (non-hydrogen) atoms. The molecule has 2 N–H and O–H groups in total. The van der Waals surface area contributed by atoms with Gasteiger partial charge in [-0.3, -0.25) is 9.59 Å². The Kier molecular flexibility index (Phi) is 7.57. The maximum atomic E-state index is 13.2. The van der Waals surface area contributed by atoms with Crippen molar-refractivity contribution in [2.45, 2.75) is 13.0 Å². The van der Waals surface area contributed by atoms with Gasteiger partial charge in [0.2, 0.25) is 5.91 Å². The van der Waals surface area contributed by atoms with Crippen molar-refractivity contribution in [3.8, 4) is 5.75 Å². The van der Waals surface area contributed by atoms with Crippen LogP contribution in [0.1, 0.15) is 27.0 Å². The molecule has 0 bridgehead atoms. The average Bonchev–Trinajstić information content (AvgIpc) is 2.95. The molecule has 0 aliphatic carbocycles. The molecule has 2 amide bonds. The van der Waals surface area contributed by atoms with Gasteiger partial charge in [-0.1, -0.05) is 90.5 Å². The summed E-state index contributed by atoms with van der Waals surface area (Å²) in [5.41, 5.74) is 5.59. The van der Waals surface area contributed by atoms with Gasteiger partial charge in [-0.15, -0.1) is 0 Å². The number of hydrogen-bond donors (Lipinski definition) is 2. The number of amides is 2. The maximum absolute atomic E-state index is 13.2. The van der Waals surface area contributed by atoms with Crippen LogP contribution in [-0.4, -0.2) is 35.1 Å². The highest BCUT2D eigenvalue weighted by atomic mass is 35.5. The molecule has 0 unspecified atom stereocenters. The van der Waals surface area contributed by atoms with Gasteiger partial charge in [-0.25, -0.2) is 5.43 Å². The summed E-state index contributed by atoms with van der Waals surface area (Å²) in [6.07, 6.45) is 1.83. The Hall–Kier alpha value is -4.68. The van der Waals surface area contributed by atoms with Crippen molar-refractivity contribution in [1.82, 2.24) is 10.3 Å². The lowest BCUT2D eigenvalue weighted by atomic mass is 9.97. The van der Waals surface area contributed by atoms with Crippen LogP contribution in [0.2, 0.25) is 5.02 Å².